The molecule has 1 aliphatic heterocycles. The van der Waals surface area contributed by atoms with Crippen LogP contribution in [0.4, 0.5) is 0 Å². The molecule has 1 amide bonds. The number of Topliss-reactive ketones (excluding diaryl/α,β-unsaturated/α-hetero) is 1. The Balaban J connectivity index is 2.78. The number of rotatable bonds is 6. The molecule has 9 nitrogen and oxygen atoms in total. The summed E-state index contributed by atoms with van der Waals surface area (Å²) in [6.07, 6.45) is -4.98. The second-order valence-corrected chi connectivity index (χ2v) is 4.98. The van der Waals surface area contributed by atoms with E-state index in [-0.39, 0.29) is 12.4 Å². The van der Waals surface area contributed by atoms with Crippen LogP contribution < -0.4 is 11.1 Å². The van der Waals surface area contributed by atoms with Gasteiger partial charge in [0.2, 0.25) is 5.91 Å². The lowest BCUT2D eigenvalue weighted by Crippen LogP contribution is -2.64. The summed E-state index contributed by atoms with van der Waals surface area (Å²) in [5.41, 5.74) is 5.53. The van der Waals surface area contributed by atoms with E-state index in [1.807, 2.05) is 0 Å². The van der Waals surface area contributed by atoms with Gasteiger partial charge in [-0.2, -0.15) is 0 Å². The van der Waals surface area contributed by atoms with Gasteiger partial charge in [0.05, 0.1) is 19.3 Å². The summed E-state index contributed by atoms with van der Waals surface area (Å²) < 4.78 is 10.6. The Labute approximate surface area is 122 Å². The van der Waals surface area contributed by atoms with Gasteiger partial charge in [0, 0.05) is 6.92 Å². The number of nitrogens with two attached hydrogens (primary N) is 1. The minimum atomic E-state index is -1.39. The largest absolute Gasteiger partial charge is 0.394 e. The van der Waals surface area contributed by atoms with Gasteiger partial charge < -0.3 is 35.8 Å². The van der Waals surface area contributed by atoms with Crippen LogP contribution in [0.5, 0.6) is 0 Å². The minimum absolute atomic E-state index is 0.183. The fourth-order valence-electron chi connectivity index (χ4n) is 1.93. The third-order valence-electron chi connectivity index (χ3n) is 3.21. The first-order valence-corrected chi connectivity index (χ1v) is 6.55. The quantitative estimate of drug-likeness (QED) is 0.345. The van der Waals surface area contributed by atoms with Gasteiger partial charge in [-0.25, -0.2) is 0 Å². The number of carbonyl (C=O) groups excluding carboxylic acids is 2. The molecule has 1 rings (SSSR count). The van der Waals surface area contributed by atoms with E-state index in [0.29, 0.717) is 0 Å². The molecule has 0 saturated carbocycles. The third kappa shape index (κ3) is 4.70. The molecule has 1 fully saturated rings. The number of carbonyl (C=O) groups is 2. The van der Waals surface area contributed by atoms with Gasteiger partial charge in [-0.3, -0.25) is 9.59 Å². The van der Waals surface area contributed by atoms with Gasteiger partial charge in [0.15, 0.2) is 6.29 Å². The van der Waals surface area contributed by atoms with Gasteiger partial charge in [-0.1, -0.05) is 0 Å². The Bertz CT molecular complexity index is 379. The SMILES string of the molecule is CC(=O)N[C@H]1C(OCC(N)C(C)=O)O[C@H](CO)[C@H](O)[C@@H]1O. The molecule has 9 heteroatoms. The third-order valence-corrected chi connectivity index (χ3v) is 3.21. The molecule has 0 aromatic rings. The molecular formula is C12H22N2O7. The lowest BCUT2D eigenvalue weighted by atomic mass is 9.97. The first kappa shape index (κ1) is 18.0. The van der Waals surface area contributed by atoms with E-state index in [9.17, 15) is 19.8 Å². The lowest BCUT2D eigenvalue weighted by Gasteiger charge is -2.42. The van der Waals surface area contributed by atoms with Gasteiger partial charge in [0.25, 0.3) is 0 Å². The van der Waals surface area contributed by atoms with Crippen molar-refractivity contribution in [3.05, 3.63) is 0 Å². The smallest absolute Gasteiger partial charge is 0.217 e. The Morgan fingerprint density at radius 1 is 1.33 bits per heavy atom. The number of amides is 1. The standard InChI is InChI=1S/C12H22N2O7/c1-5(16)7(13)4-20-12-9(14-6(2)17)11(19)10(18)8(3-15)21-12/h7-12,15,18-19H,3-4,13H2,1-2H3,(H,14,17)/t7?,8-,9-,10+,11-,12?/m1/s1. The molecule has 0 aliphatic carbocycles. The van der Waals surface area contributed by atoms with Gasteiger partial charge >= 0.3 is 0 Å². The molecule has 1 heterocycles. The number of aliphatic hydroxyl groups excluding tert-OH is 3. The summed E-state index contributed by atoms with van der Waals surface area (Å²) in [7, 11) is 0. The first-order valence-electron chi connectivity index (χ1n) is 6.55. The Morgan fingerprint density at radius 2 is 1.95 bits per heavy atom. The van der Waals surface area contributed by atoms with Crippen molar-refractivity contribution in [3.8, 4) is 0 Å². The lowest BCUT2D eigenvalue weighted by molar-refractivity contribution is -0.270. The summed E-state index contributed by atoms with van der Waals surface area (Å²) >= 11 is 0. The van der Waals surface area contributed by atoms with Crippen molar-refractivity contribution in [2.75, 3.05) is 13.2 Å². The zero-order valence-corrected chi connectivity index (χ0v) is 11.9. The zero-order chi connectivity index (χ0) is 16.2. The second kappa shape index (κ2) is 7.78. The molecule has 0 aromatic heterocycles. The van der Waals surface area contributed by atoms with Crippen molar-refractivity contribution in [2.24, 2.45) is 5.73 Å². The maximum Gasteiger partial charge on any atom is 0.217 e. The van der Waals surface area contributed by atoms with Crippen molar-refractivity contribution < 1.29 is 34.4 Å². The predicted molar refractivity (Wildman–Crippen MR) is 70.0 cm³/mol. The predicted octanol–water partition coefficient (Wildman–Crippen LogP) is -3.14. The van der Waals surface area contributed by atoms with E-state index in [4.69, 9.17) is 20.3 Å². The van der Waals surface area contributed by atoms with Crippen LogP contribution >= 0.6 is 0 Å². The summed E-state index contributed by atoms with van der Waals surface area (Å²) in [5, 5.41) is 31.3. The highest BCUT2D eigenvalue weighted by Gasteiger charge is 2.45. The van der Waals surface area contributed by atoms with E-state index in [1.165, 1.54) is 13.8 Å². The van der Waals surface area contributed by atoms with E-state index in [1.54, 1.807) is 0 Å². The summed E-state index contributed by atoms with van der Waals surface area (Å²) in [4.78, 5) is 22.2. The molecule has 1 aliphatic rings. The minimum Gasteiger partial charge on any atom is -0.394 e. The highest BCUT2D eigenvalue weighted by Crippen LogP contribution is 2.22. The summed E-state index contributed by atoms with van der Waals surface area (Å²) in [6, 6.07) is -1.91. The first-order chi connectivity index (χ1) is 9.77. The molecule has 0 spiro atoms. The number of aliphatic hydroxyl groups is 3. The number of ketones is 1. The van der Waals surface area contributed by atoms with E-state index >= 15 is 0 Å². The van der Waals surface area contributed by atoms with Crippen molar-refractivity contribution in [1.29, 1.82) is 0 Å². The molecule has 0 radical (unpaired) electrons. The van der Waals surface area contributed by atoms with Crippen molar-refractivity contribution in [3.63, 3.8) is 0 Å². The van der Waals surface area contributed by atoms with E-state index < -0.39 is 49.2 Å². The van der Waals surface area contributed by atoms with Gasteiger partial charge in [-0.05, 0) is 6.92 Å². The molecule has 0 aromatic carbocycles. The zero-order valence-electron chi connectivity index (χ0n) is 11.9. The topological polar surface area (TPSA) is 151 Å². The number of ether oxygens (including phenoxy) is 2. The van der Waals surface area contributed by atoms with Crippen LogP contribution in [0.25, 0.3) is 0 Å². The van der Waals surface area contributed by atoms with E-state index in [0.717, 1.165) is 0 Å². The average molecular weight is 306 g/mol. The Morgan fingerprint density at radius 3 is 2.43 bits per heavy atom. The van der Waals surface area contributed by atoms with Crippen LogP contribution in [0.3, 0.4) is 0 Å². The second-order valence-electron chi connectivity index (χ2n) is 4.98. The summed E-state index contributed by atoms with van der Waals surface area (Å²) in [5.74, 6) is -0.747. The maximum atomic E-state index is 11.2. The molecule has 21 heavy (non-hydrogen) atoms. The van der Waals surface area contributed by atoms with Crippen LogP contribution in [0.2, 0.25) is 0 Å². The molecule has 2 unspecified atom stereocenters. The van der Waals surface area contributed by atoms with Crippen LogP contribution in [0, 0.1) is 0 Å². The molecular weight excluding hydrogens is 284 g/mol. The molecule has 6 atom stereocenters. The average Bonchev–Trinajstić information content (AvgIpc) is 2.42. The maximum absolute atomic E-state index is 11.2. The Kier molecular flexibility index (Phi) is 6.65. The van der Waals surface area contributed by atoms with Crippen molar-refractivity contribution in [2.45, 2.75) is 50.5 Å². The highest BCUT2D eigenvalue weighted by atomic mass is 16.7. The number of hydrogen-bond acceptors (Lipinski definition) is 8. The van der Waals surface area contributed by atoms with Gasteiger partial charge in [0.1, 0.15) is 30.1 Å². The monoisotopic (exact) mass is 306 g/mol. The van der Waals surface area contributed by atoms with Gasteiger partial charge in [-0.15, -0.1) is 0 Å². The fourth-order valence-corrected chi connectivity index (χ4v) is 1.93. The van der Waals surface area contributed by atoms with Crippen molar-refractivity contribution >= 4 is 11.7 Å². The van der Waals surface area contributed by atoms with Crippen LogP contribution in [-0.2, 0) is 19.1 Å². The molecule has 0 bridgehead atoms. The molecule has 6 N–H and O–H groups in total. The fraction of sp³-hybridized carbons (Fsp3) is 0.833. The van der Waals surface area contributed by atoms with Crippen LogP contribution in [0.15, 0.2) is 0 Å². The summed E-state index contributed by atoms with van der Waals surface area (Å²) in [6.45, 7) is 1.81. The molecule has 122 valence electrons. The van der Waals surface area contributed by atoms with Crippen molar-refractivity contribution in [1.82, 2.24) is 5.32 Å². The number of hydrogen-bond donors (Lipinski definition) is 5. The van der Waals surface area contributed by atoms with Crippen LogP contribution in [-0.4, -0.2) is 76.9 Å². The van der Waals surface area contributed by atoms with Crippen LogP contribution in [0.1, 0.15) is 13.8 Å². The van der Waals surface area contributed by atoms with E-state index in [2.05, 4.69) is 5.32 Å². The normalized spacial score (nSPS) is 34.3. The number of nitrogens with one attached hydrogen (secondary N) is 1. The highest BCUT2D eigenvalue weighted by molar-refractivity contribution is 5.81. The Hall–Kier alpha value is -1.10. The molecule has 1 saturated heterocycles.